The molecule has 1 nitrogen and oxygen atoms in total. The van der Waals surface area contributed by atoms with E-state index in [4.69, 9.17) is 0 Å². The van der Waals surface area contributed by atoms with Crippen molar-refractivity contribution < 1.29 is 4.57 Å². The molecule has 9 aromatic rings. The van der Waals surface area contributed by atoms with Crippen molar-refractivity contribution in [1.29, 1.82) is 0 Å². The molecule has 1 heterocycles. The van der Waals surface area contributed by atoms with Crippen molar-refractivity contribution in [2.24, 2.45) is 0 Å². The lowest BCUT2D eigenvalue weighted by atomic mass is 9.76. The van der Waals surface area contributed by atoms with E-state index in [9.17, 15) is 0 Å². The molecular formula is C49H35OP. The Hall–Kier alpha value is -5.75. The quantitative estimate of drug-likeness (QED) is 0.135. The Morgan fingerprint density at radius 1 is 0.412 bits per heavy atom. The van der Waals surface area contributed by atoms with Crippen molar-refractivity contribution in [3.8, 4) is 22.3 Å². The number of fused-ring (bicyclic) bond motifs is 6. The van der Waals surface area contributed by atoms with Gasteiger partial charge >= 0.3 is 0 Å². The third-order valence-electron chi connectivity index (χ3n) is 11.3. The summed E-state index contributed by atoms with van der Waals surface area (Å²) in [4.78, 5) is 0. The fourth-order valence-corrected chi connectivity index (χ4v) is 12.2. The Bertz CT molecular complexity index is 2870. The monoisotopic (exact) mass is 670 g/mol. The molecule has 0 fully saturated rings. The summed E-state index contributed by atoms with van der Waals surface area (Å²) in [5, 5.41) is 12.4. The zero-order valence-electron chi connectivity index (χ0n) is 28.6. The summed E-state index contributed by atoms with van der Waals surface area (Å²) in [7, 11) is -3.21. The molecule has 0 N–H and O–H groups in total. The van der Waals surface area contributed by atoms with Gasteiger partial charge in [0.1, 0.15) is 0 Å². The molecule has 10 rings (SSSR count). The lowest BCUT2D eigenvalue weighted by Crippen LogP contribution is -2.42. The molecule has 0 saturated carbocycles. The van der Waals surface area contributed by atoms with E-state index in [1.807, 2.05) is 6.07 Å². The van der Waals surface area contributed by atoms with E-state index in [0.717, 1.165) is 43.4 Å². The molecule has 0 aromatic heterocycles. The van der Waals surface area contributed by atoms with Crippen molar-refractivity contribution >= 4 is 66.1 Å². The molecule has 0 spiro atoms. The molecule has 1 aliphatic heterocycles. The van der Waals surface area contributed by atoms with Crippen LogP contribution in [0.4, 0.5) is 0 Å². The van der Waals surface area contributed by atoms with Gasteiger partial charge < -0.3 is 4.57 Å². The summed E-state index contributed by atoms with van der Waals surface area (Å²) < 4.78 is 16.0. The molecular weight excluding hydrogens is 636 g/mol. The maximum absolute atomic E-state index is 16.0. The van der Waals surface area contributed by atoms with Crippen LogP contribution in [0.2, 0.25) is 0 Å². The van der Waals surface area contributed by atoms with Gasteiger partial charge in [0.05, 0.1) is 0 Å². The Labute approximate surface area is 298 Å². The Kier molecular flexibility index (Phi) is 6.57. The van der Waals surface area contributed by atoms with Crippen molar-refractivity contribution in [2.45, 2.75) is 19.3 Å². The largest absolute Gasteiger partial charge is 0.309 e. The Morgan fingerprint density at radius 2 is 0.961 bits per heavy atom. The SMILES string of the molecule is CC1(C)c2ccccc2P(=O)(c2ccc3ccccc3c2)c2ccc(-c3c4ccccc4c(-c4cccc5ccccc45)c4ccccc34)cc21. The van der Waals surface area contributed by atoms with Crippen LogP contribution in [-0.4, -0.2) is 0 Å². The predicted molar refractivity (Wildman–Crippen MR) is 219 cm³/mol. The van der Waals surface area contributed by atoms with Crippen LogP contribution in [0.15, 0.2) is 176 Å². The first-order chi connectivity index (χ1) is 24.9. The molecule has 0 saturated heterocycles. The van der Waals surface area contributed by atoms with E-state index in [0.29, 0.717) is 0 Å². The number of benzene rings is 9. The maximum atomic E-state index is 16.0. The fourth-order valence-electron chi connectivity index (χ4n) is 8.84. The average Bonchev–Trinajstić information content (AvgIpc) is 3.18. The summed E-state index contributed by atoms with van der Waals surface area (Å²) in [6.07, 6.45) is 0. The molecule has 51 heavy (non-hydrogen) atoms. The molecule has 0 aliphatic carbocycles. The molecule has 0 bridgehead atoms. The van der Waals surface area contributed by atoms with Gasteiger partial charge in [0, 0.05) is 21.3 Å². The zero-order chi connectivity index (χ0) is 34.3. The highest BCUT2D eigenvalue weighted by atomic mass is 31.2. The fraction of sp³-hybridized carbons (Fsp3) is 0.0612. The van der Waals surface area contributed by atoms with Crippen molar-refractivity contribution in [3.63, 3.8) is 0 Å². The molecule has 1 aliphatic rings. The minimum Gasteiger partial charge on any atom is -0.309 e. The molecule has 0 radical (unpaired) electrons. The second kappa shape index (κ2) is 11.1. The first kappa shape index (κ1) is 30.1. The van der Waals surface area contributed by atoms with Crippen LogP contribution in [0.25, 0.3) is 65.3 Å². The van der Waals surface area contributed by atoms with Crippen LogP contribution in [-0.2, 0) is 9.98 Å². The van der Waals surface area contributed by atoms with E-state index in [2.05, 4.69) is 184 Å². The van der Waals surface area contributed by atoms with Crippen LogP contribution >= 0.6 is 7.14 Å². The first-order valence-corrected chi connectivity index (χ1v) is 19.4. The summed E-state index contributed by atoms with van der Waals surface area (Å²) in [6, 6.07) is 62.9. The minimum absolute atomic E-state index is 0.360. The van der Waals surface area contributed by atoms with Gasteiger partial charge in [-0.05, 0) is 94.7 Å². The number of hydrogen-bond donors (Lipinski definition) is 0. The second-order valence-electron chi connectivity index (χ2n) is 14.4. The molecule has 2 heteroatoms. The van der Waals surface area contributed by atoms with Crippen LogP contribution in [0.1, 0.15) is 25.0 Å². The van der Waals surface area contributed by atoms with Gasteiger partial charge in [0.15, 0.2) is 7.14 Å². The summed E-state index contributed by atoms with van der Waals surface area (Å²) in [6.45, 7) is 4.58. The average molecular weight is 671 g/mol. The third kappa shape index (κ3) is 4.32. The van der Waals surface area contributed by atoms with Gasteiger partial charge in [-0.3, -0.25) is 0 Å². The van der Waals surface area contributed by atoms with Crippen molar-refractivity contribution in [3.05, 3.63) is 187 Å². The first-order valence-electron chi connectivity index (χ1n) is 17.7. The van der Waals surface area contributed by atoms with Gasteiger partial charge in [0.2, 0.25) is 0 Å². The highest BCUT2D eigenvalue weighted by molar-refractivity contribution is 7.85. The van der Waals surface area contributed by atoms with Gasteiger partial charge in [-0.1, -0.05) is 172 Å². The highest BCUT2D eigenvalue weighted by Crippen LogP contribution is 2.54. The molecule has 1 atom stereocenters. The van der Waals surface area contributed by atoms with Crippen LogP contribution in [0.3, 0.4) is 0 Å². The lowest BCUT2D eigenvalue weighted by Gasteiger charge is -2.40. The smallest absolute Gasteiger partial charge is 0.171 e. The lowest BCUT2D eigenvalue weighted by molar-refractivity contribution is 0.586. The molecule has 242 valence electrons. The molecule has 0 amide bonds. The van der Waals surface area contributed by atoms with E-state index in [1.54, 1.807) is 0 Å². The minimum atomic E-state index is -3.21. The van der Waals surface area contributed by atoms with Gasteiger partial charge in [-0.2, -0.15) is 0 Å². The summed E-state index contributed by atoms with van der Waals surface area (Å²) >= 11 is 0. The predicted octanol–water partition coefficient (Wildman–Crippen LogP) is 11.9. The topological polar surface area (TPSA) is 17.1 Å². The standard InChI is InChI=1S/C49H35OP/c1-49(2)43-24-11-12-25-45(43)51(50,36-28-26-32-14-3-4-16-34(32)30-36)46-29-27-35(31-44(46)49)47-39-19-7-9-21-41(39)48(42-22-10-8-20-40(42)47)38-23-13-17-33-15-5-6-18-37(33)38/h3-31H,1-2H3. The molecule has 9 aromatic carbocycles. The van der Waals surface area contributed by atoms with Gasteiger partial charge in [0.25, 0.3) is 0 Å². The zero-order valence-corrected chi connectivity index (χ0v) is 29.5. The Balaban J connectivity index is 1.27. The van der Waals surface area contributed by atoms with E-state index in [-0.39, 0.29) is 5.41 Å². The highest BCUT2D eigenvalue weighted by Gasteiger charge is 2.45. The van der Waals surface area contributed by atoms with Gasteiger partial charge in [-0.15, -0.1) is 0 Å². The van der Waals surface area contributed by atoms with Crippen LogP contribution < -0.4 is 15.9 Å². The van der Waals surface area contributed by atoms with Crippen molar-refractivity contribution in [2.75, 3.05) is 0 Å². The van der Waals surface area contributed by atoms with E-state index in [1.165, 1.54) is 49.0 Å². The number of rotatable bonds is 3. The number of hydrogen-bond acceptors (Lipinski definition) is 1. The maximum Gasteiger partial charge on any atom is 0.171 e. The van der Waals surface area contributed by atoms with Gasteiger partial charge in [-0.25, -0.2) is 0 Å². The van der Waals surface area contributed by atoms with E-state index < -0.39 is 7.14 Å². The van der Waals surface area contributed by atoms with Crippen LogP contribution in [0, 0.1) is 0 Å². The summed E-state index contributed by atoms with van der Waals surface area (Å²) in [5.74, 6) is 0. The molecule has 1 unspecified atom stereocenters. The third-order valence-corrected chi connectivity index (χ3v) is 14.4. The second-order valence-corrected chi connectivity index (χ2v) is 17.1. The summed E-state index contributed by atoms with van der Waals surface area (Å²) in [5.41, 5.74) is 6.75. The van der Waals surface area contributed by atoms with Crippen molar-refractivity contribution in [1.82, 2.24) is 0 Å². The van der Waals surface area contributed by atoms with Crippen LogP contribution in [0.5, 0.6) is 0 Å². The Morgan fingerprint density at radius 3 is 1.69 bits per heavy atom. The van der Waals surface area contributed by atoms with E-state index >= 15 is 4.57 Å². The normalized spacial score (nSPS) is 16.4.